The van der Waals surface area contributed by atoms with E-state index in [2.05, 4.69) is 19.2 Å². The molecule has 1 heteroatoms. The highest BCUT2D eigenvalue weighted by Gasteiger charge is 1.96. The topological polar surface area (TPSA) is 12.0 Å². The van der Waals surface area contributed by atoms with E-state index in [9.17, 15) is 0 Å². The van der Waals surface area contributed by atoms with E-state index in [0.717, 1.165) is 0 Å². The maximum Gasteiger partial charge on any atom is -0.00489 e. The SMILES string of the molecule is CCCCCCCCCCCCCCCCCCCCCCCCCCNCCCCCCC. The van der Waals surface area contributed by atoms with Crippen LogP contribution in [0.1, 0.15) is 200 Å². The third-order valence-corrected chi connectivity index (χ3v) is 7.66. The van der Waals surface area contributed by atoms with Crippen molar-refractivity contribution in [2.24, 2.45) is 0 Å². The number of hydrogen-bond acceptors (Lipinski definition) is 1. The van der Waals surface area contributed by atoms with Crippen LogP contribution in [0.4, 0.5) is 0 Å². The summed E-state index contributed by atoms with van der Waals surface area (Å²) in [4.78, 5) is 0. The third kappa shape index (κ3) is 32.0. The van der Waals surface area contributed by atoms with Gasteiger partial charge in [-0.15, -0.1) is 0 Å². The first-order valence-corrected chi connectivity index (χ1v) is 16.6. The maximum atomic E-state index is 3.63. The molecular formula is C33H69N. The van der Waals surface area contributed by atoms with Crippen LogP contribution >= 0.6 is 0 Å². The lowest BCUT2D eigenvalue weighted by molar-refractivity contribution is 0.514. The van der Waals surface area contributed by atoms with Crippen LogP contribution in [-0.2, 0) is 0 Å². The van der Waals surface area contributed by atoms with Crippen LogP contribution in [0.15, 0.2) is 0 Å². The molecule has 0 aromatic heterocycles. The van der Waals surface area contributed by atoms with Crippen molar-refractivity contribution in [3.63, 3.8) is 0 Å². The van der Waals surface area contributed by atoms with Gasteiger partial charge in [0, 0.05) is 0 Å². The van der Waals surface area contributed by atoms with Crippen molar-refractivity contribution in [3.8, 4) is 0 Å². The Kier molecular flexibility index (Phi) is 32.9. The molecule has 0 fully saturated rings. The molecular weight excluding hydrogens is 410 g/mol. The first-order valence-electron chi connectivity index (χ1n) is 16.6. The molecule has 1 N–H and O–H groups in total. The average Bonchev–Trinajstić information content (AvgIpc) is 2.85. The molecule has 0 unspecified atom stereocenters. The van der Waals surface area contributed by atoms with Gasteiger partial charge in [0.15, 0.2) is 0 Å². The van der Waals surface area contributed by atoms with Gasteiger partial charge in [0.05, 0.1) is 0 Å². The second kappa shape index (κ2) is 33.0. The maximum absolute atomic E-state index is 3.63. The van der Waals surface area contributed by atoms with Crippen molar-refractivity contribution in [2.75, 3.05) is 13.1 Å². The van der Waals surface area contributed by atoms with Crippen LogP contribution in [0.3, 0.4) is 0 Å². The quantitative estimate of drug-likeness (QED) is 0.0974. The van der Waals surface area contributed by atoms with Crippen molar-refractivity contribution in [1.29, 1.82) is 0 Å². The van der Waals surface area contributed by atoms with Crippen molar-refractivity contribution < 1.29 is 0 Å². The van der Waals surface area contributed by atoms with Crippen LogP contribution < -0.4 is 5.32 Å². The van der Waals surface area contributed by atoms with E-state index >= 15 is 0 Å². The summed E-state index contributed by atoms with van der Waals surface area (Å²) < 4.78 is 0. The highest BCUT2D eigenvalue weighted by molar-refractivity contribution is 4.53. The Morgan fingerprint density at radius 3 is 0.618 bits per heavy atom. The van der Waals surface area contributed by atoms with Crippen LogP contribution in [0.25, 0.3) is 0 Å². The number of rotatable bonds is 31. The van der Waals surface area contributed by atoms with Gasteiger partial charge >= 0.3 is 0 Å². The lowest BCUT2D eigenvalue weighted by Crippen LogP contribution is -2.16. The van der Waals surface area contributed by atoms with Crippen LogP contribution in [-0.4, -0.2) is 13.1 Å². The molecule has 0 aliphatic carbocycles. The number of unbranched alkanes of at least 4 members (excludes halogenated alkanes) is 27. The zero-order valence-corrected chi connectivity index (χ0v) is 24.4. The number of nitrogens with one attached hydrogen (secondary N) is 1. The van der Waals surface area contributed by atoms with Gasteiger partial charge in [-0.2, -0.15) is 0 Å². The normalized spacial score (nSPS) is 11.5. The fraction of sp³-hybridized carbons (Fsp3) is 1.00. The van der Waals surface area contributed by atoms with Crippen molar-refractivity contribution >= 4 is 0 Å². The second-order valence-corrected chi connectivity index (χ2v) is 11.3. The molecule has 0 aromatic rings. The molecule has 34 heavy (non-hydrogen) atoms. The molecule has 0 bridgehead atoms. The van der Waals surface area contributed by atoms with E-state index in [1.54, 1.807) is 0 Å². The smallest absolute Gasteiger partial charge is 0.00489 e. The summed E-state index contributed by atoms with van der Waals surface area (Å²) in [5.41, 5.74) is 0. The molecule has 0 aliphatic heterocycles. The Hall–Kier alpha value is -0.0400. The molecule has 0 heterocycles. The molecule has 206 valence electrons. The van der Waals surface area contributed by atoms with E-state index in [1.165, 1.54) is 199 Å². The van der Waals surface area contributed by atoms with Gasteiger partial charge in [-0.25, -0.2) is 0 Å². The highest BCUT2D eigenvalue weighted by atomic mass is 14.8. The van der Waals surface area contributed by atoms with Crippen LogP contribution in [0.2, 0.25) is 0 Å². The van der Waals surface area contributed by atoms with Gasteiger partial charge in [-0.05, 0) is 25.9 Å². The zero-order valence-electron chi connectivity index (χ0n) is 24.4. The summed E-state index contributed by atoms with van der Waals surface area (Å²) in [5, 5.41) is 3.63. The predicted octanol–water partition coefficient (Wildman–Crippen LogP) is 11.9. The molecule has 0 aromatic carbocycles. The molecule has 0 atom stereocenters. The summed E-state index contributed by atoms with van der Waals surface area (Å²) in [6.07, 6.45) is 42.3. The minimum Gasteiger partial charge on any atom is -0.317 e. The summed E-state index contributed by atoms with van der Waals surface area (Å²) in [6, 6.07) is 0. The standard InChI is InChI=1S/C33H69N/c1-3-5-7-9-10-11-12-13-14-15-16-17-18-19-20-21-22-23-24-25-26-27-29-31-33-34-32-30-28-8-6-4-2/h34H,3-33H2,1-2H3. The Bertz CT molecular complexity index is 295. The lowest BCUT2D eigenvalue weighted by Gasteiger charge is -2.05. The predicted molar refractivity (Wildman–Crippen MR) is 158 cm³/mol. The summed E-state index contributed by atoms with van der Waals surface area (Å²) in [7, 11) is 0. The summed E-state index contributed by atoms with van der Waals surface area (Å²) >= 11 is 0. The lowest BCUT2D eigenvalue weighted by atomic mass is 10.0. The molecule has 0 spiro atoms. The Balaban J connectivity index is 2.99. The summed E-state index contributed by atoms with van der Waals surface area (Å²) in [6.45, 7) is 7.08. The van der Waals surface area contributed by atoms with Crippen molar-refractivity contribution in [1.82, 2.24) is 5.32 Å². The number of hydrogen-bond donors (Lipinski definition) is 1. The van der Waals surface area contributed by atoms with E-state index < -0.39 is 0 Å². The third-order valence-electron chi connectivity index (χ3n) is 7.66. The monoisotopic (exact) mass is 480 g/mol. The van der Waals surface area contributed by atoms with Crippen molar-refractivity contribution in [2.45, 2.75) is 200 Å². The Labute approximate surface area is 218 Å². The first-order chi connectivity index (χ1) is 16.9. The average molecular weight is 480 g/mol. The zero-order chi connectivity index (χ0) is 24.6. The molecule has 0 saturated heterocycles. The van der Waals surface area contributed by atoms with Crippen LogP contribution in [0.5, 0.6) is 0 Å². The van der Waals surface area contributed by atoms with E-state index in [4.69, 9.17) is 0 Å². The van der Waals surface area contributed by atoms with E-state index in [0.29, 0.717) is 0 Å². The van der Waals surface area contributed by atoms with Crippen molar-refractivity contribution in [3.05, 3.63) is 0 Å². The largest absolute Gasteiger partial charge is 0.317 e. The second-order valence-electron chi connectivity index (χ2n) is 11.3. The van der Waals surface area contributed by atoms with E-state index in [1.807, 2.05) is 0 Å². The molecule has 0 amide bonds. The van der Waals surface area contributed by atoms with Gasteiger partial charge in [0.25, 0.3) is 0 Å². The minimum atomic E-state index is 1.24. The minimum absolute atomic E-state index is 1.24. The Morgan fingerprint density at radius 2 is 0.412 bits per heavy atom. The summed E-state index contributed by atoms with van der Waals surface area (Å²) in [5.74, 6) is 0. The van der Waals surface area contributed by atoms with E-state index in [-0.39, 0.29) is 0 Å². The van der Waals surface area contributed by atoms with Gasteiger partial charge in [0.2, 0.25) is 0 Å². The fourth-order valence-electron chi connectivity index (χ4n) is 5.19. The fourth-order valence-corrected chi connectivity index (χ4v) is 5.19. The van der Waals surface area contributed by atoms with Crippen LogP contribution in [0, 0.1) is 0 Å². The van der Waals surface area contributed by atoms with Gasteiger partial charge in [-0.1, -0.05) is 187 Å². The highest BCUT2D eigenvalue weighted by Crippen LogP contribution is 2.15. The molecule has 0 radical (unpaired) electrons. The molecule has 0 saturated carbocycles. The molecule has 0 rings (SSSR count). The molecule has 1 nitrogen and oxygen atoms in total. The Morgan fingerprint density at radius 1 is 0.235 bits per heavy atom. The van der Waals surface area contributed by atoms with Gasteiger partial charge in [0.1, 0.15) is 0 Å². The van der Waals surface area contributed by atoms with Gasteiger partial charge < -0.3 is 5.32 Å². The first kappa shape index (κ1) is 34.0. The molecule has 0 aliphatic rings. The van der Waals surface area contributed by atoms with Gasteiger partial charge in [-0.3, -0.25) is 0 Å².